The summed E-state index contributed by atoms with van der Waals surface area (Å²) in [4.78, 5) is 2.79. The first-order valence-electron chi connectivity index (χ1n) is 9.62. The van der Waals surface area contributed by atoms with Crippen LogP contribution in [0.15, 0.2) is 18.2 Å². The van der Waals surface area contributed by atoms with Gasteiger partial charge in [-0.05, 0) is 61.0 Å². The van der Waals surface area contributed by atoms with Gasteiger partial charge >= 0.3 is 0 Å². The van der Waals surface area contributed by atoms with E-state index in [1.807, 2.05) is 0 Å². The van der Waals surface area contributed by atoms with Crippen molar-refractivity contribution in [2.75, 3.05) is 11.4 Å². The predicted molar refractivity (Wildman–Crippen MR) is 101 cm³/mol. The number of benzene rings is 1. The zero-order valence-electron chi connectivity index (χ0n) is 16.2. The quantitative estimate of drug-likeness (QED) is 0.627. The first kappa shape index (κ1) is 16.9. The molecule has 2 aliphatic rings. The van der Waals surface area contributed by atoms with E-state index in [-0.39, 0.29) is 5.54 Å². The number of hydrogen-bond donors (Lipinski definition) is 0. The van der Waals surface area contributed by atoms with Crippen molar-refractivity contribution in [1.82, 2.24) is 0 Å². The molecule has 0 aromatic heterocycles. The molecule has 1 heterocycles. The molecular formula is C22H35N. The standard InChI is InChI=1S/C22H35N/c1-8-17-12-22(17)13-21(6,7)23(14-22)20-18(15(2)3)10-9-11-19(20)16(4)5/h9-11,15-17H,8,12-14H2,1-7H3/t17-,22-/m1/s1. The summed E-state index contributed by atoms with van der Waals surface area (Å²) in [6.45, 7) is 17.9. The third-order valence-electron chi connectivity index (χ3n) is 6.45. The SMILES string of the molecule is CC[C@@H]1C[C@@]12CN(c1c(C(C)C)cccc1C(C)C)C(C)(C)C2. The lowest BCUT2D eigenvalue weighted by Gasteiger charge is -2.38. The minimum Gasteiger partial charge on any atom is -0.365 e. The second-order valence-electron chi connectivity index (χ2n) is 9.34. The Hall–Kier alpha value is -0.980. The molecule has 1 aliphatic carbocycles. The van der Waals surface area contributed by atoms with Crippen molar-refractivity contribution in [3.05, 3.63) is 29.3 Å². The molecule has 1 spiro atoms. The maximum absolute atomic E-state index is 2.79. The number of para-hydroxylation sites is 1. The van der Waals surface area contributed by atoms with E-state index in [0.29, 0.717) is 17.3 Å². The molecule has 0 radical (unpaired) electrons. The van der Waals surface area contributed by atoms with Crippen LogP contribution in [0.5, 0.6) is 0 Å². The van der Waals surface area contributed by atoms with E-state index in [1.165, 1.54) is 36.9 Å². The Labute approximate surface area is 143 Å². The minimum atomic E-state index is 0.276. The molecule has 1 saturated heterocycles. The molecule has 3 rings (SSSR count). The molecule has 23 heavy (non-hydrogen) atoms. The van der Waals surface area contributed by atoms with Gasteiger partial charge < -0.3 is 4.90 Å². The molecule has 1 aromatic carbocycles. The van der Waals surface area contributed by atoms with Crippen LogP contribution < -0.4 is 4.90 Å². The molecular weight excluding hydrogens is 278 g/mol. The smallest absolute Gasteiger partial charge is 0.0441 e. The summed E-state index contributed by atoms with van der Waals surface area (Å²) in [7, 11) is 0. The molecule has 1 aromatic rings. The van der Waals surface area contributed by atoms with Gasteiger partial charge in [0.15, 0.2) is 0 Å². The van der Waals surface area contributed by atoms with Crippen LogP contribution in [-0.4, -0.2) is 12.1 Å². The van der Waals surface area contributed by atoms with Crippen molar-refractivity contribution < 1.29 is 0 Å². The lowest BCUT2D eigenvalue weighted by Crippen LogP contribution is -2.39. The summed E-state index contributed by atoms with van der Waals surface area (Å²) in [5.74, 6) is 2.12. The summed E-state index contributed by atoms with van der Waals surface area (Å²) in [5.41, 5.74) is 5.51. The largest absolute Gasteiger partial charge is 0.365 e. The Balaban J connectivity index is 2.07. The van der Waals surface area contributed by atoms with E-state index in [9.17, 15) is 0 Å². The van der Waals surface area contributed by atoms with E-state index in [4.69, 9.17) is 0 Å². The Bertz CT molecular complexity index is 557. The number of hydrogen-bond acceptors (Lipinski definition) is 1. The van der Waals surface area contributed by atoms with E-state index >= 15 is 0 Å². The van der Waals surface area contributed by atoms with Gasteiger partial charge in [0.25, 0.3) is 0 Å². The van der Waals surface area contributed by atoms with Crippen molar-refractivity contribution in [2.24, 2.45) is 11.3 Å². The van der Waals surface area contributed by atoms with Crippen molar-refractivity contribution in [1.29, 1.82) is 0 Å². The average Bonchev–Trinajstić information content (AvgIpc) is 3.07. The van der Waals surface area contributed by atoms with Gasteiger partial charge in [0.05, 0.1) is 0 Å². The fourth-order valence-electron chi connectivity index (χ4n) is 5.17. The summed E-state index contributed by atoms with van der Waals surface area (Å²) in [6, 6.07) is 6.98. The molecule has 1 aliphatic heterocycles. The molecule has 1 saturated carbocycles. The van der Waals surface area contributed by atoms with Crippen LogP contribution in [0.25, 0.3) is 0 Å². The molecule has 0 amide bonds. The van der Waals surface area contributed by atoms with Crippen LogP contribution in [0.4, 0.5) is 5.69 Å². The highest BCUT2D eigenvalue weighted by atomic mass is 15.2. The Morgan fingerprint density at radius 2 is 1.65 bits per heavy atom. The van der Waals surface area contributed by atoms with Gasteiger partial charge in [-0.1, -0.05) is 59.2 Å². The summed E-state index contributed by atoms with van der Waals surface area (Å²) in [5, 5.41) is 0. The zero-order valence-corrected chi connectivity index (χ0v) is 16.2. The molecule has 0 unspecified atom stereocenters. The molecule has 0 bridgehead atoms. The lowest BCUT2D eigenvalue weighted by molar-refractivity contribution is 0.430. The average molecular weight is 314 g/mol. The number of nitrogens with zero attached hydrogens (tertiary/aromatic N) is 1. The van der Waals surface area contributed by atoms with Gasteiger partial charge in [-0.3, -0.25) is 0 Å². The Morgan fingerprint density at radius 1 is 1.09 bits per heavy atom. The third kappa shape index (κ3) is 2.71. The Morgan fingerprint density at radius 3 is 2.09 bits per heavy atom. The second-order valence-corrected chi connectivity index (χ2v) is 9.34. The zero-order chi connectivity index (χ0) is 17.0. The molecule has 1 nitrogen and oxygen atoms in total. The van der Waals surface area contributed by atoms with Crippen LogP contribution in [0.2, 0.25) is 0 Å². The van der Waals surface area contributed by atoms with Gasteiger partial charge in [-0.2, -0.15) is 0 Å². The fourth-order valence-corrected chi connectivity index (χ4v) is 5.17. The fraction of sp³-hybridized carbons (Fsp3) is 0.727. The lowest BCUT2D eigenvalue weighted by atomic mass is 9.89. The van der Waals surface area contributed by atoms with Crippen LogP contribution in [0.3, 0.4) is 0 Å². The Kier molecular flexibility index (Phi) is 4.06. The van der Waals surface area contributed by atoms with Crippen LogP contribution in [0, 0.1) is 11.3 Å². The van der Waals surface area contributed by atoms with E-state index < -0.39 is 0 Å². The number of anilines is 1. The van der Waals surface area contributed by atoms with E-state index in [1.54, 1.807) is 5.69 Å². The van der Waals surface area contributed by atoms with Crippen LogP contribution in [0.1, 0.15) is 90.7 Å². The number of rotatable bonds is 4. The molecule has 0 N–H and O–H groups in total. The van der Waals surface area contributed by atoms with Crippen LogP contribution >= 0.6 is 0 Å². The second kappa shape index (κ2) is 5.53. The molecule has 128 valence electrons. The first-order valence-corrected chi connectivity index (χ1v) is 9.62. The van der Waals surface area contributed by atoms with E-state index in [0.717, 1.165) is 5.92 Å². The molecule has 2 atom stereocenters. The van der Waals surface area contributed by atoms with Crippen molar-refractivity contribution >= 4 is 5.69 Å². The maximum Gasteiger partial charge on any atom is 0.0441 e. The van der Waals surface area contributed by atoms with E-state index in [2.05, 4.69) is 71.6 Å². The van der Waals surface area contributed by atoms with Crippen LogP contribution in [-0.2, 0) is 0 Å². The van der Waals surface area contributed by atoms with Gasteiger partial charge in [0, 0.05) is 17.8 Å². The highest BCUT2D eigenvalue weighted by Crippen LogP contribution is 2.64. The maximum atomic E-state index is 2.79. The summed E-state index contributed by atoms with van der Waals surface area (Å²) in [6.07, 6.45) is 4.17. The highest BCUT2D eigenvalue weighted by Gasteiger charge is 2.61. The topological polar surface area (TPSA) is 3.24 Å². The van der Waals surface area contributed by atoms with Gasteiger partial charge in [-0.25, -0.2) is 0 Å². The van der Waals surface area contributed by atoms with Crippen molar-refractivity contribution in [3.8, 4) is 0 Å². The summed E-state index contributed by atoms with van der Waals surface area (Å²) >= 11 is 0. The third-order valence-corrected chi connectivity index (χ3v) is 6.45. The molecule has 2 fully saturated rings. The van der Waals surface area contributed by atoms with Gasteiger partial charge in [-0.15, -0.1) is 0 Å². The highest BCUT2D eigenvalue weighted by molar-refractivity contribution is 5.65. The van der Waals surface area contributed by atoms with Crippen molar-refractivity contribution in [2.45, 2.75) is 85.1 Å². The first-order chi connectivity index (χ1) is 10.7. The van der Waals surface area contributed by atoms with Crippen molar-refractivity contribution in [3.63, 3.8) is 0 Å². The minimum absolute atomic E-state index is 0.276. The summed E-state index contributed by atoms with van der Waals surface area (Å²) < 4.78 is 0. The normalized spacial score (nSPS) is 29.1. The monoisotopic (exact) mass is 313 g/mol. The van der Waals surface area contributed by atoms with Gasteiger partial charge in [0.2, 0.25) is 0 Å². The molecule has 1 heteroatoms. The van der Waals surface area contributed by atoms with Gasteiger partial charge in [0.1, 0.15) is 0 Å². The predicted octanol–water partition coefficient (Wildman–Crippen LogP) is 6.34.